The standard InChI is InChI=1S/C25H25F3N2O6.C15H16F3N5O4S.C15H18N6O6S/c1-5-16-6-7-17(20(12-16)36-15(2)23(32)34-4)14-35-19-10-8-18(9-11-19)30-22(31)13-21(25(26,27)28)29(3)24(30)33;1-9-19-12(22-14(20-9)27-2)21-13(24)23-28(25,26)11-6-4-3-5-10(11)7-8-15(16,17)18;1-21(2)13(22)9-6-5-7-16-12(9)28(24,25)20-15(23)19-14-17-10(26-3)8-11(18-14)27-4/h6-13,15H,5,14H2,1-4H3;3-6H,7-8H2,1-2H3,(H2,19,20,21,22,23,24);5-8H,1-4H3,(H2,17,18,19,20,23). The van der Waals surface area contributed by atoms with Crippen molar-refractivity contribution < 1.29 is 90.8 Å². The van der Waals surface area contributed by atoms with Gasteiger partial charge in [0.25, 0.3) is 31.5 Å². The smallest absolute Gasteiger partial charge is 0.431 e. The summed E-state index contributed by atoms with van der Waals surface area (Å²) in [6, 6.07) is 18.4. The van der Waals surface area contributed by atoms with E-state index >= 15 is 0 Å². The summed E-state index contributed by atoms with van der Waals surface area (Å²) in [6.07, 6.45) is -9.91. The number of benzene rings is 3. The Balaban J connectivity index is 0.000000254. The van der Waals surface area contributed by atoms with Crippen LogP contribution in [0.1, 0.15) is 58.8 Å². The molecule has 0 saturated carbocycles. The van der Waals surface area contributed by atoms with Crippen LogP contribution in [-0.4, -0.2) is 140 Å². The van der Waals surface area contributed by atoms with Crippen molar-refractivity contribution in [1.29, 1.82) is 0 Å². The van der Waals surface area contributed by atoms with Crippen LogP contribution in [0.15, 0.2) is 117 Å². The summed E-state index contributed by atoms with van der Waals surface area (Å²) >= 11 is 0. The zero-order chi connectivity index (χ0) is 68.5. The average Bonchev–Trinajstić information content (AvgIpc) is 0.816. The number of hydrogen-bond donors (Lipinski definition) is 4. The van der Waals surface area contributed by atoms with E-state index in [1.54, 1.807) is 16.4 Å². The molecule has 0 aliphatic rings. The first-order valence-electron chi connectivity index (χ1n) is 26.4. The Hall–Kier alpha value is -10.5. The van der Waals surface area contributed by atoms with Gasteiger partial charge in [0.2, 0.25) is 23.7 Å². The van der Waals surface area contributed by atoms with Crippen molar-refractivity contribution in [2.75, 3.05) is 53.2 Å². The fourth-order valence-corrected chi connectivity index (χ4v) is 9.79. The maximum atomic E-state index is 13.1. The van der Waals surface area contributed by atoms with Crippen LogP contribution in [0, 0.1) is 6.92 Å². The maximum Gasteiger partial charge on any atom is 0.431 e. The van der Waals surface area contributed by atoms with Crippen LogP contribution < -0.4 is 55.0 Å². The Bertz CT molecular complexity index is 4140. The number of rotatable bonds is 20. The lowest BCUT2D eigenvalue weighted by atomic mass is 10.1. The highest BCUT2D eigenvalue weighted by molar-refractivity contribution is 7.90. The predicted molar refractivity (Wildman–Crippen MR) is 313 cm³/mol. The number of aryl methyl sites for hydroxylation is 3. The van der Waals surface area contributed by atoms with Gasteiger partial charge in [-0.1, -0.05) is 37.3 Å². The molecular weight excluding hydrogens is 1280 g/mol. The zero-order valence-corrected chi connectivity index (χ0v) is 51.9. The molecule has 4 heterocycles. The molecule has 0 aliphatic heterocycles. The minimum atomic E-state index is -4.84. The number of sulfonamides is 2. The average molecular weight is 1340 g/mol. The number of pyridine rings is 1. The van der Waals surface area contributed by atoms with E-state index in [1.165, 1.54) is 121 Å². The highest BCUT2D eigenvalue weighted by atomic mass is 32.2. The van der Waals surface area contributed by atoms with Crippen molar-refractivity contribution >= 4 is 55.9 Å². The summed E-state index contributed by atoms with van der Waals surface area (Å²) in [4.78, 5) is 96.3. The van der Waals surface area contributed by atoms with E-state index in [-0.39, 0.29) is 58.9 Å². The van der Waals surface area contributed by atoms with Crippen LogP contribution in [0.25, 0.3) is 5.69 Å². The van der Waals surface area contributed by atoms with Crippen LogP contribution in [0.3, 0.4) is 0 Å². The third-order valence-electron chi connectivity index (χ3n) is 12.0. The highest BCUT2D eigenvalue weighted by Crippen LogP contribution is 2.29. The summed E-state index contributed by atoms with van der Waals surface area (Å²) < 4.78 is 162. The Kier molecular flexibility index (Phi) is 24.6. The first-order valence-corrected chi connectivity index (χ1v) is 29.3. The number of hydrogen-bond acceptors (Lipinski definition) is 22. The molecular formula is C55H59F6N13O16S2. The molecule has 0 radical (unpaired) electrons. The predicted octanol–water partition coefficient (Wildman–Crippen LogP) is 5.93. The largest absolute Gasteiger partial charge is 0.489 e. The summed E-state index contributed by atoms with van der Waals surface area (Å²) in [5, 5.41) is 3.67. The number of aromatic nitrogens is 8. The van der Waals surface area contributed by atoms with Crippen molar-refractivity contribution in [2.45, 2.75) is 75.0 Å². The minimum absolute atomic E-state index is 0.0715. The van der Waals surface area contributed by atoms with E-state index < -0.39 is 102 Å². The van der Waals surface area contributed by atoms with Crippen molar-refractivity contribution in [3.63, 3.8) is 0 Å². The molecule has 4 N–H and O–H groups in total. The van der Waals surface area contributed by atoms with Gasteiger partial charge >= 0.3 is 42.1 Å². The molecule has 7 rings (SSSR count). The van der Waals surface area contributed by atoms with Crippen LogP contribution in [-0.2, 0) is 62.3 Å². The second kappa shape index (κ2) is 31.3. The number of urea groups is 2. The Labute approximate surface area is 520 Å². The Morgan fingerprint density at radius 3 is 1.89 bits per heavy atom. The third kappa shape index (κ3) is 20.3. The number of methoxy groups -OCH3 is 4. The summed E-state index contributed by atoms with van der Waals surface area (Å²) in [6.45, 7) is 5.13. The molecule has 3 aromatic carbocycles. The molecule has 0 fully saturated rings. The summed E-state index contributed by atoms with van der Waals surface area (Å²) in [7, 11) is 0.227. The number of esters is 1. The van der Waals surface area contributed by atoms with Gasteiger partial charge in [0.1, 0.15) is 29.6 Å². The van der Waals surface area contributed by atoms with E-state index in [9.17, 15) is 71.9 Å². The van der Waals surface area contributed by atoms with Gasteiger partial charge in [-0.25, -0.2) is 46.6 Å². The third-order valence-corrected chi connectivity index (χ3v) is 14.7. The van der Waals surface area contributed by atoms with Crippen LogP contribution in [0.2, 0.25) is 0 Å². The first-order chi connectivity index (χ1) is 43.1. The van der Waals surface area contributed by atoms with Crippen LogP contribution >= 0.6 is 0 Å². The molecule has 0 aliphatic carbocycles. The van der Waals surface area contributed by atoms with Gasteiger partial charge in [-0.2, -0.15) is 59.7 Å². The number of carbonyl (C=O) groups is 4. The number of amides is 5. The van der Waals surface area contributed by atoms with E-state index in [1.807, 2.05) is 25.1 Å². The number of alkyl halides is 6. The minimum Gasteiger partial charge on any atom is -0.489 e. The molecule has 0 saturated heterocycles. The number of anilines is 2. The first kappa shape index (κ1) is 72.3. The van der Waals surface area contributed by atoms with E-state index in [0.29, 0.717) is 32.3 Å². The van der Waals surface area contributed by atoms with Crippen molar-refractivity contribution in [1.82, 2.24) is 53.4 Å². The quantitative estimate of drug-likeness (QED) is 0.0507. The van der Waals surface area contributed by atoms with E-state index in [4.69, 9.17) is 28.4 Å². The Morgan fingerprint density at radius 1 is 0.717 bits per heavy atom. The molecule has 7 aromatic rings. The topological polar surface area (TPSA) is 365 Å². The lowest BCUT2D eigenvalue weighted by Crippen LogP contribution is -2.40. The Morgan fingerprint density at radius 2 is 1.33 bits per heavy atom. The molecule has 494 valence electrons. The lowest BCUT2D eigenvalue weighted by molar-refractivity contribution is -0.148. The normalized spacial score (nSPS) is 11.6. The molecule has 1 atom stereocenters. The second-order valence-electron chi connectivity index (χ2n) is 18.8. The van der Waals surface area contributed by atoms with Crippen LogP contribution in [0.5, 0.6) is 29.3 Å². The van der Waals surface area contributed by atoms with Gasteiger partial charge in [0.15, 0.2) is 11.1 Å². The fraction of sp³-hybridized carbons (Fsp3) is 0.309. The molecule has 29 nitrogen and oxygen atoms in total. The zero-order valence-electron chi connectivity index (χ0n) is 50.3. The fourth-order valence-electron chi connectivity index (χ4n) is 7.57. The van der Waals surface area contributed by atoms with Gasteiger partial charge < -0.3 is 33.3 Å². The lowest BCUT2D eigenvalue weighted by Gasteiger charge is -2.17. The van der Waals surface area contributed by atoms with Crippen LogP contribution in [0.4, 0.5) is 47.8 Å². The molecule has 0 spiro atoms. The second-order valence-corrected chi connectivity index (χ2v) is 22.0. The van der Waals surface area contributed by atoms with Gasteiger partial charge in [-0.3, -0.25) is 24.8 Å². The molecule has 92 heavy (non-hydrogen) atoms. The van der Waals surface area contributed by atoms with Gasteiger partial charge in [-0.15, -0.1) is 0 Å². The summed E-state index contributed by atoms with van der Waals surface area (Å²) in [5.74, 6) is -0.397. The number of nitrogens with one attached hydrogen (secondary N) is 4. The molecule has 4 aromatic heterocycles. The molecule has 1 unspecified atom stereocenters. The summed E-state index contributed by atoms with van der Waals surface area (Å²) in [5.41, 5.74) is -2.06. The monoisotopic (exact) mass is 1340 g/mol. The van der Waals surface area contributed by atoms with Gasteiger partial charge in [-0.05, 0) is 86.3 Å². The molecule has 37 heteroatoms. The number of halogens is 6. The van der Waals surface area contributed by atoms with Crippen molar-refractivity contribution in [2.24, 2.45) is 7.05 Å². The van der Waals surface area contributed by atoms with E-state index in [2.05, 4.69) is 40.5 Å². The molecule has 5 amide bonds. The van der Waals surface area contributed by atoms with Gasteiger partial charge in [0.05, 0.1) is 50.7 Å². The number of ether oxygens (including phenoxy) is 6. The molecule has 0 bridgehead atoms. The van der Waals surface area contributed by atoms with E-state index in [0.717, 1.165) is 25.1 Å². The number of nitrogens with zero attached hydrogens (tertiary/aromatic N) is 9. The van der Waals surface area contributed by atoms with Gasteiger partial charge in [0, 0.05) is 45.4 Å². The maximum absolute atomic E-state index is 13.1. The highest BCUT2D eigenvalue weighted by Gasteiger charge is 2.35. The number of carbonyl (C=O) groups excluding carboxylic acids is 4. The van der Waals surface area contributed by atoms with Crippen molar-refractivity contribution in [3.8, 4) is 35.0 Å². The van der Waals surface area contributed by atoms with Crippen molar-refractivity contribution in [3.05, 3.63) is 152 Å². The SMILES string of the molecule is CCc1ccc(COc2ccc(-n3c(=O)cc(C(F)(F)F)n(C)c3=O)cc2)c(OC(C)C(=O)OC)c1.COc1cc(OC)nc(NC(=O)NS(=O)(=O)c2ncccc2C(=O)N(C)C)n1.COc1nc(C)nc(NC(=O)NS(=O)(=O)c2ccccc2CCC(F)(F)F)n1.